The third kappa shape index (κ3) is 5.10. The smallest absolute Gasteiger partial charge is 0.279 e. The van der Waals surface area contributed by atoms with Gasteiger partial charge >= 0.3 is 0 Å². The Kier molecular flexibility index (Phi) is 7.41. The SMILES string of the molecule is CNCCNS(=O)(=O)N1CCOCC1.Cl. The van der Waals surface area contributed by atoms with Gasteiger partial charge in [0.25, 0.3) is 10.2 Å². The summed E-state index contributed by atoms with van der Waals surface area (Å²) in [4.78, 5) is 0. The zero-order valence-corrected chi connectivity index (χ0v) is 10.4. The van der Waals surface area contributed by atoms with E-state index in [1.165, 1.54) is 4.31 Å². The van der Waals surface area contributed by atoms with Crippen LogP contribution in [0.2, 0.25) is 0 Å². The molecule has 0 aromatic rings. The van der Waals surface area contributed by atoms with Crippen LogP contribution in [0.15, 0.2) is 0 Å². The van der Waals surface area contributed by atoms with Crippen molar-refractivity contribution in [3.05, 3.63) is 0 Å². The van der Waals surface area contributed by atoms with Crippen LogP contribution < -0.4 is 10.0 Å². The van der Waals surface area contributed by atoms with Gasteiger partial charge in [0.1, 0.15) is 0 Å². The maximum atomic E-state index is 11.6. The summed E-state index contributed by atoms with van der Waals surface area (Å²) in [7, 11) is -1.51. The molecule has 0 spiro atoms. The lowest BCUT2D eigenvalue weighted by molar-refractivity contribution is 0.0725. The van der Waals surface area contributed by atoms with Gasteiger partial charge in [-0.15, -0.1) is 12.4 Å². The van der Waals surface area contributed by atoms with Gasteiger partial charge in [0.2, 0.25) is 0 Å². The third-order valence-electron chi connectivity index (χ3n) is 1.97. The Balaban J connectivity index is 0.00000196. The molecule has 1 rings (SSSR count). The van der Waals surface area contributed by atoms with E-state index in [9.17, 15) is 8.42 Å². The van der Waals surface area contributed by atoms with E-state index in [1.807, 2.05) is 0 Å². The zero-order chi connectivity index (χ0) is 10.4. The van der Waals surface area contributed by atoms with Crippen LogP contribution in [0, 0.1) is 0 Å². The predicted molar refractivity (Wildman–Crippen MR) is 60.5 cm³/mol. The van der Waals surface area contributed by atoms with Gasteiger partial charge in [0.05, 0.1) is 13.2 Å². The molecule has 0 bridgehead atoms. The predicted octanol–water partition coefficient (Wildman–Crippen LogP) is -1.21. The number of morpholine rings is 1. The molecule has 0 aliphatic carbocycles. The number of nitrogens with one attached hydrogen (secondary N) is 2. The van der Waals surface area contributed by atoms with Gasteiger partial charge in [-0.2, -0.15) is 12.7 Å². The van der Waals surface area contributed by atoms with Gasteiger partial charge in [-0.3, -0.25) is 0 Å². The Labute approximate surface area is 96.9 Å². The van der Waals surface area contributed by atoms with Gasteiger partial charge in [0.15, 0.2) is 0 Å². The van der Waals surface area contributed by atoms with Gasteiger partial charge in [-0.05, 0) is 7.05 Å². The summed E-state index contributed by atoms with van der Waals surface area (Å²) in [6.45, 7) is 2.88. The largest absolute Gasteiger partial charge is 0.379 e. The lowest BCUT2D eigenvalue weighted by Crippen LogP contribution is -2.47. The van der Waals surface area contributed by atoms with Crippen molar-refractivity contribution in [2.45, 2.75) is 0 Å². The molecule has 0 aromatic heterocycles. The molecule has 1 fully saturated rings. The normalized spacial score (nSPS) is 18.5. The second kappa shape index (κ2) is 7.37. The van der Waals surface area contributed by atoms with E-state index < -0.39 is 10.2 Å². The van der Waals surface area contributed by atoms with Crippen LogP contribution >= 0.6 is 12.4 Å². The molecule has 15 heavy (non-hydrogen) atoms. The first kappa shape index (κ1) is 15.1. The minimum Gasteiger partial charge on any atom is -0.379 e. The first-order valence-corrected chi connectivity index (χ1v) is 6.08. The average Bonchev–Trinajstić information content (AvgIpc) is 2.19. The molecule has 1 heterocycles. The Bertz CT molecular complexity index is 254. The minimum atomic E-state index is -3.29. The second-order valence-corrected chi connectivity index (χ2v) is 4.77. The van der Waals surface area contributed by atoms with Crippen molar-refractivity contribution in [1.82, 2.24) is 14.3 Å². The Morgan fingerprint density at radius 3 is 2.40 bits per heavy atom. The highest BCUT2D eigenvalue weighted by molar-refractivity contribution is 7.87. The molecule has 0 aromatic carbocycles. The molecule has 0 radical (unpaired) electrons. The van der Waals surface area contributed by atoms with E-state index in [4.69, 9.17) is 4.74 Å². The number of ether oxygens (including phenoxy) is 1. The summed E-state index contributed by atoms with van der Waals surface area (Å²) in [5.74, 6) is 0. The Morgan fingerprint density at radius 1 is 1.27 bits per heavy atom. The topological polar surface area (TPSA) is 70.7 Å². The molecule has 2 N–H and O–H groups in total. The molecule has 1 aliphatic heterocycles. The van der Waals surface area contributed by atoms with E-state index >= 15 is 0 Å². The van der Waals surface area contributed by atoms with Crippen molar-refractivity contribution in [3.63, 3.8) is 0 Å². The quantitative estimate of drug-likeness (QED) is 0.608. The van der Waals surface area contributed by atoms with Gasteiger partial charge < -0.3 is 10.1 Å². The minimum absolute atomic E-state index is 0. The van der Waals surface area contributed by atoms with Gasteiger partial charge in [-0.25, -0.2) is 4.72 Å². The molecule has 0 unspecified atom stereocenters. The summed E-state index contributed by atoms with van der Waals surface area (Å²) in [5, 5.41) is 2.87. The number of rotatable bonds is 5. The Morgan fingerprint density at radius 2 is 1.87 bits per heavy atom. The lowest BCUT2D eigenvalue weighted by Gasteiger charge is -2.26. The number of nitrogens with zero attached hydrogens (tertiary/aromatic N) is 1. The number of hydrogen-bond donors (Lipinski definition) is 2. The summed E-state index contributed by atoms with van der Waals surface area (Å²) < 4.78 is 32.2. The van der Waals surface area contributed by atoms with Crippen LogP contribution in [0.3, 0.4) is 0 Å². The average molecular weight is 260 g/mol. The highest BCUT2D eigenvalue weighted by atomic mass is 35.5. The maximum Gasteiger partial charge on any atom is 0.279 e. The van der Waals surface area contributed by atoms with E-state index in [-0.39, 0.29) is 12.4 Å². The fourth-order valence-electron chi connectivity index (χ4n) is 1.18. The lowest BCUT2D eigenvalue weighted by atomic mass is 10.5. The van der Waals surface area contributed by atoms with E-state index in [1.54, 1.807) is 7.05 Å². The van der Waals surface area contributed by atoms with Crippen LogP contribution in [0.5, 0.6) is 0 Å². The molecular weight excluding hydrogens is 242 g/mol. The van der Waals surface area contributed by atoms with Crippen LogP contribution in [-0.2, 0) is 14.9 Å². The van der Waals surface area contributed by atoms with Crippen molar-refractivity contribution in [1.29, 1.82) is 0 Å². The zero-order valence-electron chi connectivity index (χ0n) is 8.73. The van der Waals surface area contributed by atoms with Crippen molar-refractivity contribution in [3.8, 4) is 0 Å². The first-order chi connectivity index (χ1) is 6.67. The molecule has 8 heteroatoms. The van der Waals surface area contributed by atoms with Crippen molar-refractivity contribution in [2.24, 2.45) is 0 Å². The van der Waals surface area contributed by atoms with Gasteiger partial charge in [0, 0.05) is 26.2 Å². The summed E-state index contributed by atoms with van der Waals surface area (Å²) in [6, 6.07) is 0. The van der Waals surface area contributed by atoms with Gasteiger partial charge in [-0.1, -0.05) is 0 Å². The fourth-order valence-corrected chi connectivity index (χ4v) is 2.36. The Hall–Kier alpha value is 0.0800. The molecule has 0 amide bonds. The van der Waals surface area contributed by atoms with Crippen LogP contribution in [0.1, 0.15) is 0 Å². The summed E-state index contributed by atoms with van der Waals surface area (Å²) >= 11 is 0. The van der Waals surface area contributed by atoms with Crippen molar-refractivity contribution < 1.29 is 13.2 Å². The van der Waals surface area contributed by atoms with Crippen molar-refractivity contribution in [2.75, 3.05) is 46.4 Å². The first-order valence-electron chi connectivity index (χ1n) is 4.64. The fraction of sp³-hybridized carbons (Fsp3) is 1.00. The summed E-state index contributed by atoms with van der Waals surface area (Å²) in [6.07, 6.45) is 0. The molecule has 0 atom stereocenters. The highest BCUT2D eigenvalue weighted by Crippen LogP contribution is 2.01. The molecule has 92 valence electrons. The number of halogens is 1. The molecular formula is C7H18ClN3O3S. The molecule has 6 nitrogen and oxygen atoms in total. The van der Waals surface area contributed by atoms with Crippen LogP contribution in [0.25, 0.3) is 0 Å². The monoisotopic (exact) mass is 259 g/mol. The maximum absolute atomic E-state index is 11.6. The molecule has 0 saturated carbocycles. The third-order valence-corrected chi connectivity index (χ3v) is 3.58. The summed E-state index contributed by atoms with van der Waals surface area (Å²) in [5.41, 5.74) is 0. The number of hydrogen-bond acceptors (Lipinski definition) is 4. The van der Waals surface area contributed by atoms with E-state index in [2.05, 4.69) is 10.0 Å². The second-order valence-electron chi connectivity index (χ2n) is 3.01. The highest BCUT2D eigenvalue weighted by Gasteiger charge is 2.23. The van der Waals surface area contributed by atoms with Crippen molar-refractivity contribution >= 4 is 22.6 Å². The van der Waals surface area contributed by atoms with Crippen LogP contribution in [0.4, 0.5) is 0 Å². The molecule has 1 aliphatic rings. The van der Waals surface area contributed by atoms with E-state index in [0.29, 0.717) is 39.4 Å². The standard InChI is InChI=1S/C7H17N3O3S.ClH/c1-8-2-3-9-14(11,12)10-4-6-13-7-5-10;/h8-9H,2-7H2,1H3;1H. The number of likely N-dealkylation sites (N-methyl/N-ethyl adjacent to an activating group) is 1. The van der Waals surface area contributed by atoms with Crippen LogP contribution in [-0.4, -0.2) is 59.2 Å². The molecule has 1 saturated heterocycles. The van der Waals surface area contributed by atoms with E-state index in [0.717, 1.165) is 0 Å².